The topological polar surface area (TPSA) is 114 Å². The van der Waals surface area contributed by atoms with Gasteiger partial charge in [0.1, 0.15) is 0 Å². The quantitative estimate of drug-likeness (QED) is 0.372. The molecule has 1 aromatic carbocycles. The number of pyridine rings is 1. The number of carbonyl (C=O) groups excluding carboxylic acids is 1. The minimum Gasteiger partial charge on any atom is -0.416 e. The second-order valence-corrected chi connectivity index (χ2v) is 5.62. The van der Waals surface area contributed by atoms with E-state index in [0.29, 0.717) is 27.3 Å². The van der Waals surface area contributed by atoms with Crippen LogP contribution in [0.15, 0.2) is 48.3 Å². The zero-order valence-electron chi connectivity index (χ0n) is 13.9. The molecule has 0 radical (unpaired) electrons. The number of alkyl halides is 2. The summed E-state index contributed by atoms with van der Waals surface area (Å²) in [6, 6.07) is 8.27. The van der Waals surface area contributed by atoms with E-state index >= 15 is 0 Å². The van der Waals surface area contributed by atoms with Crippen LogP contribution in [0, 0.1) is 0 Å². The summed E-state index contributed by atoms with van der Waals surface area (Å²) in [4.78, 5) is 18.9. The van der Waals surface area contributed by atoms with Gasteiger partial charge < -0.3 is 16.2 Å². The number of aromatic nitrogens is 1. The zero-order chi connectivity index (χ0) is 19.8. The third-order valence-electron chi connectivity index (χ3n) is 3.27. The third-order valence-corrected chi connectivity index (χ3v) is 3.51. The average Bonchev–Trinajstić information content (AvgIpc) is 2.61. The Morgan fingerprint density at radius 2 is 2.15 bits per heavy atom. The molecule has 2 rings (SSSR count). The molecule has 0 atom stereocenters. The molecule has 10 heteroatoms. The molecule has 0 aliphatic heterocycles. The molecule has 1 aromatic heterocycles. The molecule has 0 saturated heterocycles. The number of halogens is 3. The van der Waals surface area contributed by atoms with Gasteiger partial charge in [-0.1, -0.05) is 23.7 Å². The number of nitrogens with one attached hydrogen (secondary N) is 1. The van der Waals surface area contributed by atoms with Crippen molar-refractivity contribution in [2.24, 2.45) is 11.5 Å². The van der Waals surface area contributed by atoms with Crippen LogP contribution in [-0.2, 0) is 11.3 Å². The van der Waals surface area contributed by atoms with E-state index in [1.807, 2.05) is 0 Å². The van der Waals surface area contributed by atoms with Crippen LogP contribution in [-0.4, -0.2) is 23.9 Å². The van der Waals surface area contributed by atoms with E-state index in [0.717, 1.165) is 0 Å². The molecule has 0 saturated carbocycles. The lowest BCUT2D eigenvalue weighted by Crippen LogP contribution is -2.70. The minimum atomic E-state index is -3.02. The molecule has 5 N–H and O–H groups in total. The SMILES string of the molecule is NC=C(C=[NH+]OC(N)=O)Cc1cnc(OC(F)F)c(-c2cccc(Cl)c2)c1. The summed E-state index contributed by atoms with van der Waals surface area (Å²) in [7, 11) is 0. The molecule has 0 aliphatic carbocycles. The van der Waals surface area contributed by atoms with Crippen LogP contribution in [0.5, 0.6) is 5.88 Å². The number of ether oxygens (including phenoxy) is 1. The Kier molecular flexibility index (Phi) is 7.07. The second kappa shape index (κ2) is 9.48. The molecule has 7 nitrogen and oxygen atoms in total. The van der Waals surface area contributed by atoms with Gasteiger partial charge in [-0.3, -0.25) is 0 Å². The van der Waals surface area contributed by atoms with E-state index < -0.39 is 12.7 Å². The number of rotatable bonds is 7. The largest absolute Gasteiger partial charge is 0.472 e. The highest BCUT2D eigenvalue weighted by atomic mass is 35.5. The second-order valence-electron chi connectivity index (χ2n) is 5.19. The van der Waals surface area contributed by atoms with Crippen LogP contribution < -0.4 is 21.4 Å². The lowest BCUT2D eigenvalue weighted by atomic mass is 10.0. The van der Waals surface area contributed by atoms with Crippen LogP contribution >= 0.6 is 11.6 Å². The van der Waals surface area contributed by atoms with Crippen LogP contribution in [0.3, 0.4) is 0 Å². The molecule has 142 valence electrons. The fourth-order valence-corrected chi connectivity index (χ4v) is 2.38. The highest BCUT2D eigenvalue weighted by molar-refractivity contribution is 6.30. The van der Waals surface area contributed by atoms with Crippen molar-refractivity contribution in [3.63, 3.8) is 0 Å². The summed E-state index contributed by atoms with van der Waals surface area (Å²) in [5.74, 6) is -0.228. The molecule has 0 fully saturated rings. The average molecular weight is 398 g/mol. The van der Waals surface area contributed by atoms with Gasteiger partial charge in [-0.25, -0.2) is 9.78 Å². The molecule has 0 bridgehead atoms. The predicted molar refractivity (Wildman–Crippen MR) is 95.0 cm³/mol. The van der Waals surface area contributed by atoms with Crippen molar-refractivity contribution in [1.82, 2.24) is 4.98 Å². The van der Waals surface area contributed by atoms with E-state index in [4.69, 9.17) is 23.1 Å². The van der Waals surface area contributed by atoms with Gasteiger partial charge in [-0.15, -0.1) is 0 Å². The molecular formula is C17H16ClF2N4O3+. The summed E-state index contributed by atoms with van der Waals surface area (Å²) in [6.45, 7) is -3.02. The Hall–Kier alpha value is -3.20. The first kappa shape index (κ1) is 20.1. The van der Waals surface area contributed by atoms with E-state index in [1.54, 1.807) is 30.3 Å². The van der Waals surface area contributed by atoms with Crippen molar-refractivity contribution in [3.05, 3.63) is 58.9 Å². The van der Waals surface area contributed by atoms with Crippen LogP contribution in [0.1, 0.15) is 5.56 Å². The Morgan fingerprint density at radius 3 is 2.78 bits per heavy atom. The summed E-state index contributed by atoms with van der Waals surface area (Å²) in [6.07, 6.45) is 3.23. The van der Waals surface area contributed by atoms with Crippen molar-refractivity contribution >= 4 is 23.9 Å². The number of hydrogen-bond acceptors (Lipinski definition) is 5. The van der Waals surface area contributed by atoms with Gasteiger partial charge in [0.2, 0.25) is 12.1 Å². The first-order valence-electron chi connectivity index (χ1n) is 7.54. The standard InChI is InChI=1S/C17H15ClF2N4O3/c18-13-3-1-2-12(6-13)14-5-10(8-23-15(14)26-16(19)20)4-11(7-21)9-24-27-17(22)25/h1-3,5-9,16H,4,21H2,(H2,22,25)/p+1. The number of nitrogens with zero attached hydrogens (tertiary/aromatic N) is 1. The maximum Gasteiger partial charge on any atom is 0.472 e. The smallest absolute Gasteiger partial charge is 0.416 e. The van der Waals surface area contributed by atoms with E-state index in [1.165, 1.54) is 18.6 Å². The summed E-state index contributed by atoms with van der Waals surface area (Å²) >= 11 is 5.98. The van der Waals surface area contributed by atoms with Crippen molar-refractivity contribution < 1.29 is 28.3 Å². The monoisotopic (exact) mass is 397 g/mol. The molecule has 1 amide bonds. The van der Waals surface area contributed by atoms with Gasteiger partial charge in [0, 0.05) is 35.0 Å². The van der Waals surface area contributed by atoms with Gasteiger partial charge in [0.05, 0.1) is 0 Å². The highest BCUT2D eigenvalue weighted by Gasteiger charge is 2.15. The summed E-state index contributed by atoms with van der Waals surface area (Å²) < 4.78 is 29.9. The van der Waals surface area contributed by atoms with Gasteiger partial charge in [-0.05, 0) is 34.5 Å². The summed E-state index contributed by atoms with van der Waals surface area (Å²) in [5, 5.41) is 2.67. The Morgan fingerprint density at radius 1 is 1.37 bits per heavy atom. The van der Waals surface area contributed by atoms with E-state index in [9.17, 15) is 13.6 Å². The van der Waals surface area contributed by atoms with Crippen LogP contribution in [0.4, 0.5) is 13.6 Å². The molecule has 1 heterocycles. The van der Waals surface area contributed by atoms with Crippen molar-refractivity contribution in [2.45, 2.75) is 13.0 Å². The fraction of sp³-hybridized carbons (Fsp3) is 0.118. The lowest BCUT2D eigenvalue weighted by molar-refractivity contribution is -0.717. The van der Waals surface area contributed by atoms with Crippen molar-refractivity contribution in [1.29, 1.82) is 0 Å². The predicted octanol–water partition coefficient (Wildman–Crippen LogP) is 1.55. The molecule has 27 heavy (non-hydrogen) atoms. The first-order valence-corrected chi connectivity index (χ1v) is 7.92. The normalized spacial score (nSPS) is 11.8. The van der Waals surface area contributed by atoms with Gasteiger partial charge in [-0.2, -0.15) is 13.6 Å². The van der Waals surface area contributed by atoms with Gasteiger partial charge in [0.25, 0.3) is 0 Å². The maximum absolute atomic E-state index is 12.7. The maximum atomic E-state index is 12.7. The minimum absolute atomic E-state index is 0.228. The molecular weight excluding hydrogens is 382 g/mol. The number of carbonyl (C=O) groups is 1. The fourth-order valence-electron chi connectivity index (χ4n) is 2.19. The van der Waals surface area contributed by atoms with Crippen LogP contribution in [0.25, 0.3) is 11.1 Å². The van der Waals surface area contributed by atoms with Crippen LogP contribution in [0.2, 0.25) is 5.02 Å². The third kappa shape index (κ3) is 6.23. The first-order chi connectivity index (χ1) is 12.9. The lowest BCUT2D eigenvalue weighted by Gasteiger charge is -2.12. The Balaban J connectivity index is 2.34. The number of nitrogens with two attached hydrogens (primary N) is 2. The number of allylic oxidation sites excluding steroid dienone is 1. The molecule has 0 unspecified atom stereocenters. The molecule has 0 spiro atoms. The van der Waals surface area contributed by atoms with Gasteiger partial charge >= 0.3 is 12.7 Å². The Bertz CT molecular complexity index is 875. The number of benzene rings is 1. The molecule has 0 aliphatic rings. The zero-order valence-corrected chi connectivity index (χ0v) is 14.6. The van der Waals surface area contributed by atoms with Crippen molar-refractivity contribution in [3.8, 4) is 17.0 Å². The van der Waals surface area contributed by atoms with E-state index in [2.05, 4.69) is 19.7 Å². The number of hydrogen-bond donors (Lipinski definition) is 3. The van der Waals surface area contributed by atoms with Gasteiger partial charge in [0.15, 0.2) is 0 Å². The van der Waals surface area contributed by atoms with Crippen molar-refractivity contribution in [2.75, 3.05) is 0 Å². The summed E-state index contributed by atoms with van der Waals surface area (Å²) in [5.41, 5.74) is 12.4. The van der Waals surface area contributed by atoms with E-state index in [-0.39, 0.29) is 12.3 Å². The molecule has 2 aromatic rings. The number of primary amides is 1. The Labute approximate surface area is 158 Å². The highest BCUT2D eigenvalue weighted by Crippen LogP contribution is 2.32. The number of amides is 1.